The van der Waals surface area contributed by atoms with Gasteiger partial charge in [-0.05, 0) is 34.9 Å². The van der Waals surface area contributed by atoms with E-state index in [0.717, 1.165) is 22.3 Å². The maximum absolute atomic E-state index is 13.8. The highest BCUT2D eigenvalue weighted by molar-refractivity contribution is 5.87. The number of carboxylic acid groups (broad SMARTS) is 1. The molecule has 0 radical (unpaired) electrons. The molecule has 0 heterocycles. The number of nitriles is 1. The lowest BCUT2D eigenvalue weighted by Crippen LogP contribution is -2.52. The summed E-state index contributed by atoms with van der Waals surface area (Å²) in [5.41, 5.74) is 3.68. The Labute approximate surface area is 209 Å². The fourth-order valence-electron chi connectivity index (χ4n) is 5.22. The monoisotopic (exact) mass is 473 g/mol. The van der Waals surface area contributed by atoms with E-state index in [4.69, 9.17) is 10.00 Å². The number of esters is 1. The average molecular weight is 474 g/mol. The normalized spacial score (nSPS) is 20.5. The molecule has 176 valence electrons. The van der Waals surface area contributed by atoms with E-state index in [0.29, 0.717) is 11.3 Å². The van der Waals surface area contributed by atoms with Crippen LogP contribution < -0.4 is 4.74 Å². The van der Waals surface area contributed by atoms with Crippen molar-refractivity contribution in [3.63, 3.8) is 0 Å². The molecule has 0 bridgehead atoms. The molecule has 0 amide bonds. The minimum atomic E-state index is -0.931. The van der Waals surface area contributed by atoms with E-state index in [9.17, 15) is 14.7 Å². The molecule has 0 spiro atoms. The first-order valence-corrected chi connectivity index (χ1v) is 11.7. The molecule has 4 aromatic rings. The molecule has 4 aromatic carbocycles. The first kappa shape index (κ1) is 23.1. The molecule has 1 fully saturated rings. The third kappa shape index (κ3) is 4.25. The molecular weight excluding hydrogens is 450 g/mol. The molecule has 1 N–H and O–H groups in total. The zero-order valence-electron chi connectivity index (χ0n) is 19.3. The Morgan fingerprint density at radius 1 is 0.694 bits per heavy atom. The second kappa shape index (κ2) is 9.89. The zero-order chi connectivity index (χ0) is 25.1. The molecule has 2 atom stereocenters. The molecule has 36 heavy (non-hydrogen) atoms. The van der Waals surface area contributed by atoms with Crippen molar-refractivity contribution in [3.05, 3.63) is 126 Å². The largest absolute Gasteiger partial charge is 0.481 e. The fourth-order valence-corrected chi connectivity index (χ4v) is 5.22. The first-order chi connectivity index (χ1) is 17.6. The average Bonchev–Trinajstić information content (AvgIpc) is 2.89. The number of carbonyl (C=O) groups is 2. The predicted octanol–water partition coefficient (Wildman–Crippen LogP) is 6.03. The topological polar surface area (TPSA) is 87.4 Å². The van der Waals surface area contributed by atoms with Gasteiger partial charge >= 0.3 is 11.9 Å². The summed E-state index contributed by atoms with van der Waals surface area (Å²) in [4.78, 5) is 26.1. The predicted molar refractivity (Wildman–Crippen MR) is 135 cm³/mol. The van der Waals surface area contributed by atoms with Crippen molar-refractivity contribution in [1.82, 2.24) is 0 Å². The summed E-state index contributed by atoms with van der Waals surface area (Å²) in [5, 5.41) is 19.3. The Morgan fingerprint density at radius 2 is 1.22 bits per heavy atom. The van der Waals surface area contributed by atoms with E-state index >= 15 is 0 Å². The fraction of sp³-hybridized carbons (Fsp3) is 0.129. The van der Waals surface area contributed by atoms with Gasteiger partial charge in [0, 0.05) is 17.4 Å². The van der Waals surface area contributed by atoms with Crippen molar-refractivity contribution >= 4 is 11.9 Å². The van der Waals surface area contributed by atoms with E-state index < -0.39 is 35.6 Å². The van der Waals surface area contributed by atoms with Crippen LogP contribution in [0.2, 0.25) is 0 Å². The summed E-state index contributed by atoms with van der Waals surface area (Å²) >= 11 is 0. The Bertz CT molecular complexity index is 1380. The molecule has 1 aliphatic carbocycles. The smallest absolute Gasteiger partial charge is 0.315 e. The van der Waals surface area contributed by atoms with E-state index in [2.05, 4.69) is 6.07 Å². The molecule has 5 rings (SSSR count). The van der Waals surface area contributed by atoms with Gasteiger partial charge in [-0.25, -0.2) is 0 Å². The number of aliphatic carboxylic acids is 1. The van der Waals surface area contributed by atoms with Gasteiger partial charge in [-0.15, -0.1) is 0 Å². The van der Waals surface area contributed by atoms with Crippen molar-refractivity contribution in [1.29, 1.82) is 5.26 Å². The van der Waals surface area contributed by atoms with Gasteiger partial charge in [-0.2, -0.15) is 5.26 Å². The Kier molecular flexibility index (Phi) is 6.34. The lowest BCUT2D eigenvalue weighted by molar-refractivity contribution is -0.158. The van der Waals surface area contributed by atoms with Crippen molar-refractivity contribution in [2.45, 2.75) is 11.8 Å². The van der Waals surface area contributed by atoms with E-state index in [-0.39, 0.29) is 0 Å². The minimum absolute atomic E-state index is 0.393. The molecular formula is C31H23NO4. The Morgan fingerprint density at radius 3 is 1.75 bits per heavy atom. The van der Waals surface area contributed by atoms with Crippen molar-refractivity contribution in [3.8, 4) is 22.9 Å². The standard InChI is InChI=1S/C31H23NO4/c32-19-20-15-17-21(18-16-20)24-13-7-8-14-25(24)36-31(35)29-26(22-9-3-1-4-10-22)28(30(33)34)27(29)23-11-5-2-6-12-23/h1-18,26-29H,(H,33,34)/t26-,27-,28-,29+/m1/s1. The van der Waals surface area contributed by atoms with E-state index in [1.54, 1.807) is 24.3 Å². The molecule has 0 aromatic heterocycles. The number of rotatable bonds is 6. The molecule has 1 aliphatic rings. The summed E-state index contributed by atoms with van der Waals surface area (Å²) in [6.45, 7) is 0. The van der Waals surface area contributed by atoms with Crippen LogP contribution in [-0.4, -0.2) is 17.0 Å². The number of para-hydroxylation sites is 1. The van der Waals surface area contributed by atoms with Crippen LogP contribution >= 0.6 is 0 Å². The van der Waals surface area contributed by atoms with Gasteiger partial charge in [0.25, 0.3) is 0 Å². The van der Waals surface area contributed by atoms with Gasteiger partial charge in [0.05, 0.1) is 23.5 Å². The van der Waals surface area contributed by atoms with Gasteiger partial charge in [0.15, 0.2) is 0 Å². The van der Waals surface area contributed by atoms with Crippen molar-refractivity contribution in [2.24, 2.45) is 11.8 Å². The maximum atomic E-state index is 13.8. The summed E-state index contributed by atoms with van der Waals surface area (Å²) in [6.07, 6.45) is 0. The highest BCUT2D eigenvalue weighted by Crippen LogP contribution is 2.58. The molecule has 5 heteroatoms. The highest BCUT2D eigenvalue weighted by Gasteiger charge is 2.59. The Hall–Kier alpha value is -4.69. The lowest BCUT2D eigenvalue weighted by Gasteiger charge is -2.49. The minimum Gasteiger partial charge on any atom is -0.481 e. The van der Waals surface area contributed by atoms with Gasteiger partial charge < -0.3 is 9.84 Å². The first-order valence-electron chi connectivity index (χ1n) is 11.7. The van der Waals surface area contributed by atoms with Crippen LogP contribution in [0.1, 0.15) is 28.5 Å². The molecule has 1 saturated carbocycles. The highest BCUT2D eigenvalue weighted by atomic mass is 16.5. The zero-order valence-corrected chi connectivity index (χ0v) is 19.3. The van der Waals surface area contributed by atoms with Gasteiger partial charge in [-0.1, -0.05) is 91.0 Å². The van der Waals surface area contributed by atoms with Crippen LogP contribution in [0.15, 0.2) is 109 Å². The second-order valence-corrected chi connectivity index (χ2v) is 8.87. The molecule has 0 saturated heterocycles. The Balaban J connectivity index is 1.52. The number of hydrogen-bond acceptors (Lipinski definition) is 4. The van der Waals surface area contributed by atoms with Crippen LogP contribution in [0.25, 0.3) is 11.1 Å². The van der Waals surface area contributed by atoms with Crippen LogP contribution in [0.5, 0.6) is 5.75 Å². The van der Waals surface area contributed by atoms with E-state index in [1.165, 1.54) is 0 Å². The van der Waals surface area contributed by atoms with Gasteiger partial charge in [0.2, 0.25) is 0 Å². The third-order valence-electron chi connectivity index (χ3n) is 6.90. The summed E-state index contributed by atoms with van der Waals surface area (Å²) in [7, 11) is 0. The number of ether oxygens (including phenoxy) is 1. The van der Waals surface area contributed by atoms with Crippen LogP contribution in [0.3, 0.4) is 0 Å². The van der Waals surface area contributed by atoms with E-state index in [1.807, 2.05) is 84.9 Å². The lowest BCUT2D eigenvalue weighted by atomic mass is 9.52. The van der Waals surface area contributed by atoms with Crippen LogP contribution in [0.4, 0.5) is 0 Å². The number of carboxylic acids is 1. The van der Waals surface area contributed by atoms with Crippen molar-refractivity contribution < 1.29 is 19.4 Å². The quantitative estimate of drug-likeness (QED) is 0.273. The maximum Gasteiger partial charge on any atom is 0.315 e. The van der Waals surface area contributed by atoms with Gasteiger partial charge in [0.1, 0.15) is 5.75 Å². The number of carbonyl (C=O) groups excluding carboxylic acids is 1. The van der Waals surface area contributed by atoms with Crippen LogP contribution in [-0.2, 0) is 9.59 Å². The van der Waals surface area contributed by atoms with Gasteiger partial charge in [-0.3, -0.25) is 9.59 Å². The summed E-state index contributed by atoms with van der Waals surface area (Å²) in [6, 6.07) is 35.0. The van der Waals surface area contributed by atoms with Crippen LogP contribution in [0, 0.1) is 23.2 Å². The van der Waals surface area contributed by atoms with Crippen molar-refractivity contribution in [2.75, 3.05) is 0 Å². The summed E-state index contributed by atoms with van der Waals surface area (Å²) < 4.78 is 6.00. The molecule has 0 unspecified atom stereocenters. The third-order valence-corrected chi connectivity index (χ3v) is 6.90. The second-order valence-electron chi connectivity index (χ2n) is 8.87. The molecule has 5 nitrogen and oxygen atoms in total. The molecule has 0 aliphatic heterocycles. The number of benzene rings is 4. The number of nitrogens with zero attached hydrogens (tertiary/aromatic N) is 1. The SMILES string of the molecule is N#Cc1ccc(-c2ccccc2OC(=O)[C@H]2[C@H](c3ccccc3)[C@@H](C(=O)O)[C@H]2c2ccccc2)cc1. The summed E-state index contributed by atoms with van der Waals surface area (Å²) in [5.74, 6) is -3.43. The number of hydrogen-bond donors (Lipinski definition) is 1.